The fourth-order valence-electron chi connectivity index (χ4n) is 3.24. The van der Waals surface area contributed by atoms with Crippen LogP contribution in [0.4, 0.5) is 10.5 Å². The second kappa shape index (κ2) is 13.0. The Bertz CT molecular complexity index is 1140. The number of esters is 1. The van der Waals surface area contributed by atoms with Crippen LogP contribution >= 0.6 is 0 Å². The number of aliphatic hydroxyl groups is 1. The van der Waals surface area contributed by atoms with Crippen LogP contribution in [0.15, 0.2) is 24.4 Å². The van der Waals surface area contributed by atoms with Gasteiger partial charge in [0.2, 0.25) is 6.79 Å². The largest absolute Gasteiger partial charge is 0.426 e. The molecule has 0 aliphatic rings. The van der Waals surface area contributed by atoms with Crippen LogP contribution in [0, 0.1) is 19.3 Å². The van der Waals surface area contributed by atoms with Gasteiger partial charge >= 0.3 is 12.1 Å². The third-order valence-corrected chi connectivity index (χ3v) is 5.14. The minimum absolute atomic E-state index is 0.170. The first kappa shape index (κ1) is 28.1. The third kappa shape index (κ3) is 6.69. The number of carbonyl (C=O) groups excluding carboxylic acids is 4. The molecular weight excluding hydrogens is 470 g/mol. The molecule has 0 aliphatic heterocycles. The zero-order valence-electron chi connectivity index (χ0n) is 20.7. The van der Waals surface area contributed by atoms with Crippen molar-refractivity contribution < 1.29 is 33.8 Å². The molecule has 0 fully saturated rings. The van der Waals surface area contributed by atoms with Crippen LogP contribution in [0.1, 0.15) is 57.8 Å². The molecular formula is C24H31N5O7. The lowest BCUT2D eigenvalue weighted by molar-refractivity contribution is -0.154. The Morgan fingerprint density at radius 2 is 1.81 bits per heavy atom. The molecule has 12 heteroatoms. The number of H-pyrrole nitrogens is 1. The molecule has 0 atom stereocenters. The number of amidine groups is 1. The van der Waals surface area contributed by atoms with Gasteiger partial charge in [0.25, 0.3) is 11.8 Å². The lowest BCUT2D eigenvalue weighted by Crippen LogP contribution is -2.39. The Morgan fingerprint density at radius 1 is 1.08 bits per heavy atom. The third-order valence-electron chi connectivity index (χ3n) is 5.14. The molecule has 194 valence electrons. The molecule has 0 bridgehead atoms. The highest BCUT2D eigenvalue weighted by Gasteiger charge is 2.29. The fourth-order valence-corrected chi connectivity index (χ4v) is 3.24. The Balaban J connectivity index is 2.49. The molecule has 36 heavy (non-hydrogen) atoms. The molecule has 12 nitrogen and oxygen atoms in total. The summed E-state index contributed by atoms with van der Waals surface area (Å²) in [7, 11) is 0. The molecule has 2 rings (SSSR count). The van der Waals surface area contributed by atoms with Crippen LogP contribution in [0.25, 0.3) is 0 Å². The second-order valence-corrected chi connectivity index (χ2v) is 7.71. The van der Waals surface area contributed by atoms with Crippen molar-refractivity contribution >= 4 is 35.4 Å². The Labute approximate surface area is 208 Å². The van der Waals surface area contributed by atoms with E-state index in [0.29, 0.717) is 29.8 Å². The van der Waals surface area contributed by atoms with E-state index in [4.69, 9.17) is 15.3 Å². The fraction of sp³-hybridized carbons (Fsp3) is 0.375. The number of nitrogens with one attached hydrogen (secondary N) is 4. The lowest BCUT2D eigenvalue weighted by Gasteiger charge is -2.24. The molecule has 0 spiro atoms. The number of benzene rings is 1. The first-order valence-corrected chi connectivity index (χ1v) is 11.3. The number of hydrogen-bond acceptors (Lipinski definition) is 8. The van der Waals surface area contributed by atoms with Crippen LogP contribution < -0.4 is 15.5 Å². The normalized spacial score (nSPS) is 10.4. The van der Waals surface area contributed by atoms with Crippen molar-refractivity contribution in [2.24, 2.45) is 0 Å². The van der Waals surface area contributed by atoms with Crippen molar-refractivity contribution in [2.75, 3.05) is 31.4 Å². The van der Waals surface area contributed by atoms with Crippen molar-refractivity contribution in [3.05, 3.63) is 52.3 Å². The highest BCUT2D eigenvalue weighted by molar-refractivity contribution is 6.21. The van der Waals surface area contributed by atoms with E-state index in [1.807, 2.05) is 6.92 Å². The van der Waals surface area contributed by atoms with Gasteiger partial charge in [0.05, 0.1) is 16.9 Å². The van der Waals surface area contributed by atoms with E-state index < -0.39 is 25.5 Å². The van der Waals surface area contributed by atoms with Gasteiger partial charge in [0.15, 0.2) is 5.84 Å². The number of aromatic nitrogens is 1. The van der Waals surface area contributed by atoms with Gasteiger partial charge in [-0.3, -0.25) is 15.0 Å². The van der Waals surface area contributed by atoms with E-state index in [9.17, 15) is 19.2 Å². The minimum Gasteiger partial charge on any atom is -0.426 e. The maximum Gasteiger partial charge on any atom is 0.423 e. The van der Waals surface area contributed by atoms with Gasteiger partial charge in [0.1, 0.15) is 6.61 Å². The number of aromatic amines is 1. The van der Waals surface area contributed by atoms with Gasteiger partial charge in [-0.05, 0) is 50.5 Å². The number of hydrogen-bond donors (Lipinski definition) is 5. The summed E-state index contributed by atoms with van der Waals surface area (Å²) in [6, 6.07) is 4.63. The first-order chi connectivity index (χ1) is 17.2. The summed E-state index contributed by atoms with van der Waals surface area (Å²) in [6.07, 6.45) is 1.11. The number of aryl methyl sites for hydroxylation is 1. The molecule has 3 amide bonds. The molecule has 5 N–H and O–H groups in total. The molecule has 1 aromatic carbocycles. The maximum absolute atomic E-state index is 13.1. The Hall–Kier alpha value is -4.19. The molecule has 0 saturated heterocycles. The molecule has 1 heterocycles. The summed E-state index contributed by atoms with van der Waals surface area (Å²) < 4.78 is 9.62. The van der Waals surface area contributed by atoms with E-state index in [-0.39, 0.29) is 34.6 Å². The standard InChI is InChI=1S/C24H31N5O7/c1-5-9-27-23(33)17-11-28-20(15(17)4)21(25)29(24(34)36-13-35-19(31)12-30)18-10-16(8-7-14(18)3)22(32)26-6-2/h7-8,10-11,25,28,30H,5-6,9,12-13H2,1-4H3,(H,26,32)(H,27,33). The van der Waals surface area contributed by atoms with Crippen LogP contribution in [0.3, 0.4) is 0 Å². The van der Waals surface area contributed by atoms with E-state index in [2.05, 4.69) is 20.4 Å². The van der Waals surface area contributed by atoms with Crippen LogP contribution in [0.2, 0.25) is 0 Å². The summed E-state index contributed by atoms with van der Waals surface area (Å²) in [4.78, 5) is 53.0. The first-order valence-electron chi connectivity index (χ1n) is 11.3. The van der Waals surface area contributed by atoms with E-state index in [1.54, 1.807) is 32.9 Å². The maximum atomic E-state index is 13.1. The van der Waals surface area contributed by atoms with Crippen LogP contribution in [-0.4, -0.2) is 66.3 Å². The summed E-state index contributed by atoms with van der Waals surface area (Å²) in [6.45, 7) is 6.18. The smallest absolute Gasteiger partial charge is 0.423 e. The number of amides is 3. The van der Waals surface area contributed by atoms with Gasteiger partial charge in [-0.25, -0.2) is 14.5 Å². The Morgan fingerprint density at radius 3 is 2.44 bits per heavy atom. The van der Waals surface area contributed by atoms with Crippen molar-refractivity contribution in [3.63, 3.8) is 0 Å². The molecule has 0 aliphatic carbocycles. The highest BCUT2D eigenvalue weighted by atomic mass is 16.7. The zero-order chi connectivity index (χ0) is 26.8. The summed E-state index contributed by atoms with van der Waals surface area (Å²) >= 11 is 0. The summed E-state index contributed by atoms with van der Waals surface area (Å²) in [5, 5.41) is 23.0. The van der Waals surface area contributed by atoms with Crippen LogP contribution in [-0.2, 0) is 14.3 Å². The summed E-state index contributed by atoms with van der Waals surface area (Å²) in [5.74, 6) is -2.07. The van der Waals surface area contributed by atoms with Gasteiger partial charge in [-0.2, -0.15) is 0 Å². The molecule has 1 aromatic heterocycles. The number of rotatable bonds is 10. The van der Waals surface area contributed by atoms with E-state index in [1.165, 1.54) is 12.3 Å². The topological polar surface area (TPSA) is 174 Å². The number of ether oxygens (including phenoxy) is 2. The number of aliphatic hydroxyl groups excluding tert-OH is 1. The average molecular weight is 502 g/mol. The second-order valence-electron chi connectivity index (χ2n) is 7.71. The highest BCUT2D eigenvalue weighted by Crippen LogP contribution is 2.26. The van der Waals surface area contributed by atoms with Crippen molar-refractivity contribution in [2.45, 2.75) is 34.1 Å². The average Bonchev–Trinajstić information content (AvgIpc) is 3.24. The van der Waals surface area contributed by atoms with Gasteiger partial charge in [-0.15, -0.1) is 0 Å². The van der Waals surface area contributed by atoms with E-state index in [0.717, 1.165) is 11.3 Å². The zero-order valence-corrected chi connectivity index (χ0v) is 20.7. The number of carbonyl (C=O) groups is 4. The minimum atomic E-state index is -1.08. The van der Waals surface area contributed by atoms with Gasteiger partial charge in [0, 0.05) is 24.8 Å². The van der Waals surface area contributed by atoms with Crippen LogP contribution in [0.5, 0.6) is 0 Å². The SMILES string of the molecule is CCCNC(=O)c1c[nH]c(C(=N)N(C(=O)OCOC(=O)CO)c2cc(C(=O)NCC)ccc2C)c1C. The molecule has 0 radical (unpaired) electrons. The van der Waals surface area contributed by atoms with E-state index >= 15 is 0 Å². The predicted molar refractivity (Wildman–Crippen MR) is 131 cm³/mol. The van der Waals surface area contributed by atoms with Crippen molar-refractivity contribution in [3.8, 4) is 0 Å². The monoisotopic (exact) mass is 501 g/mol. The van der Waals surface area contributed by atoms with Crippen molar-refractivity contribution in [1.29, 1.82) is 5.41 Å². The molecule has 2 aromatic rings. The van der Waals surface area contributed by atoms with Crippen molar-refractivity contribution in [1.82, 2.24) is 15.6 Å². The summed E-state index contributed by atoms with van der Waals surface area (Å²) in [5.41, 5.74) is 1.87. The lowest BCUT2D eigenvalue weighted by atomic mass is 10.1. The predicted octanol–water partition coefficient (Wildman–Crippen LogP) is 1.98. The Kier molecular flexibility index (Phi) is 10.2. The number of anilines is 1. The number of nitrogens with zero attached hydrogens (tertiary/aromatic N) is 1. The quantitative estimate of drug-likeness (QED) is 0.143. The molecule has 0 unspecified atom stereocenters. The molecule has 0 saturated carbocycles. The van der Waals surface area contributed by atoms with Gasteiger partial charge in [-0.1, -0.05) is 13.0 Å². The van der Waals surface area contributed by atoms with Gasteiger partial charge < -0.3 is 30.2 Å².